The first-order valence-electron chi connectivity index (χ1n) is 6.29. The number of amides is 2. The third-order valence-corrected chi connectivity index (χ3v) is 4.49. The quantitative estimate of drug-likeness (QED) is 0.379. The van der Waals surface area contributed by atoms with E-state index in [0.29, 0.717) is 27.5 Å². The Morgan fingerprint density at radius 2 is 2.36 bits per heavy atom. The number of nitrogens with one attached hydrogen (secondary N) is 1. The zero-order chi connectivity index (χ0) is 15.9. The number of carbonyl (C=O) groups is 1. The maximum atomic E-state index is 13.0. The molecule has 0 fully saturated rings. The molecule has 0 unspecified atom stereocenters. The number of carbonyl (C=O) groups excluding carboxylic acids is 1. The molecule has 0 aliphatic rings. The van der Waals surface area contributed by atoms with Gasteiger partial charge in [0.15, 0.2) is 4.34 Å². The molecule has 0 atom stereocenters. The number of pyridine rings is 1. The highest BCUT2D eigenvalue weighted by Crippen LogP contribution is 2.27. The maximum absolute atomic E-state index is 13.0. The summed E-state index contributed by atoms with van der Waals surface area (Å²) in [6, 6.07) is 4.37. The Kier molecular flexibility index (Phi) is 5.84. The van der Waals surface area contributed by atoms with Gasteiger partial charge in [0, 0.05) is 19.3 Å². The number of hydrogen-bond acceptors (Lipinski definition) is 6. The van der Waals surface area contributed by atoms with Crippen LogP contribution in [0.15, 0.2) is 35.2 Å². The van der Waals surface area contributed by atoms with Crippen LogP contribution in [0.2, 0.25) is 0 Å². The van der Waals surface area contributed by atoms with Gasteiger partial charge in [0.2, 0.25) is 11.1 Å². The number of thioether (sulfide) groups is 1. The van der Waals surface area contributed by atoms with Crippen LogP contribution in [0.4, 0.5) is 14.3 Å². The van der Waals surface area contributed by atoms with E-state index in [1.165, 1.54) is 34.1 Å². The fraction of sp³-hybridized carbons (Fsp3) is 0.231. The standard InChI is InChI=1S/C13H14FN5OS2/c1-3-7-19(2)12(20)16-11-17-18-13(22-11)21-8-9-5-4-6-10(14)15-9/h3-6H,1,7-8H2,2H3,(H,16,17,20). The van der Waals surface area contributed by atoms with E-state index in [0.717, 1.165) is 0 Å². The molecule has 2 rings (SSSR count). The normalized spacial score (nSPS) is 10.3. The molecule has 0 spiro atoms. The summed E-state index contributed by atoms with van der Waals surface area (Å²) in [5.41, 5.74) is 0.622. The molecule has 2 amide bonds. The van der Waals surface area contributed by atoms with Crippen LogP contribution in [-0.2, 0) is 5.75 Å². The van der Waals surface area contributed by atoms with Gasteiger partial charge in [0.25, 0.3) is 0 Å². The number of nitrogens with zero attached hydrogens (tertiary/aromatic N) is 4. The average molecular weight is 339 g/mol. The van der Waals surface area contributed by atoms with E-state index in [1.54, 1.807) is 25.3 Å². The smallest absolute Gasteiger partial charge is 0.323 e. The molecule has 0 saturated carbocycles. The minimum absolute atomic E-state index is 0.278. The molecular weight excluding hydrogens is 325 g/mol. The molecule has 0 bridgehead atoms. The zero-order valence-corrected chi connectivity index (χ0v) is 13.5. The molecular formula is C13H14FN5OS2. The van der Waals surface area contributed by atoms with Gasteiger partial charge in [-0.25, -0.2) is 9.78 Å². The van der Waals surface area contributed by atoms with E-state index >= 15 is 0 Å². The Morgan fingerprint density at radius 3 is 3.09 bits per heavy atom. The number of hydrogen-bond donors (Lipinski definition) is 1. The zero-order valence-electron chi connectivity index (χ0n) is 11.8. The van der Waals surface area contributed by atoms with Crippen molar-refractivity contribution in [1.29, 1.82) is 0 Å². The third kappa shape index (κ3) is 4.78. The van der Waals surface area contributed by atoms with Crippen molar-refractivity contribution in [1.82, 2.24) is 20.1 Å². The molecule has 6 nitrogen and oxygen atoms in total. The molecule has 0 saturated heterocycles. The van der Waals surface area contributed by atoms with E-state index in [9.17, 15) is 9.18 Å². The minimum Gasteiger partial charge on any atom is -0.324 e. The number of halogens is 1. The molecule has 2 aromatic rings. The molecule has 2 heterocycles. The van der Waals surface area contributed by atoms with Crippen LogP contribution in [0.1, 0.15) is 5.69 Å². The second-order valence-electron chi connectivity index (χ2n) is 4.21. The lowest BCUT2D eigenvalue weighted by molar-refractivity contribution is 0.226. The first-order chi connectivity index (χ1) is 10.6. The number of urea groups is 1. The fourth-order valence-electron chi connectivity index (χ4n) is 1.45. The van der Waals surface area contributed by atoms with E-state index < -0.39 is 5.95 Å². The lowest BCUT2D eigenvalue weighted by atomic mass is 10.4. The lowest BCUT2D eigenvalue weighted by Crippen LogP contribution is -2.31. The van der Waals surface area contributed by atoms with Crippen molar-refractivity contribution in [2.45, 2.75) is 10.1 Å². The van der Waals surface area contributed by atoms with Gasteiger partial charge in [-0.3, -0.25) is 5.32 Å². The van der Waals surface area contributed by atoms with Crippen molar-refractivity contribution in [3.8, 4) is 0 Å². The van der Waals surface area contributed by atoms with Crippen LogP contribution in [0.3, 0.4) is 0 Å². The van der Waals surface area contributed by atoms with Crippen LogP contribution < -0.4 is 5.32 Å². The highest BCUT2D eigenvalue weighted by molar-refractivity contribution is 8.00. The second kappa shape index (κ2) is 7.85. The molecule has 2 aromatic heterocycles. The number of likely N-dealkylation sites (N-methyl/N-ethyl adjacent to an activating group) is 1. The van der Waals surface area contributed by atoms with E-state index in [1.807, 2.05) is 0 Å². The Balaban J connectivity index is 1.88. The van der Waals surface area contributed by atoms with Crippen molar-refractivity contribution in [3.05, 3.63) is 42.5 Å². The van der Waals surface area contributed by atoms with Crippen LogP contribution in [0, 0.1) is 5.95 Å². The summed E-state index contributed by atoms with van der Waals surface area (Å²) >= 11 is 2.64. The van der Waals surface area contributed by atoms with Crippen molar-refractivity contribution in [3.63, 3.8) is 0 Å². The van der Waals surface area contributed by atoms with Crippen LogP contribution >= 0.6 is 23.1 Å². The maximum Gasteiger partial charge on any atom is 0.323 e. The fourth-order valence-corrected chi connectivity index (χ4v) is 3.10. The van der Waals surface area contributed by atoms with E-state index in [4.69, 9.17) is 0 Å². The van der Waals surface area contributed by atoms with E-state index in [-0.39, 0.29) is 6.03 Å². The Hall–Kier alpha value is -2.00. The highest BCUT2D eigenvalue weighted by Gasteiger charge is 2.11. The summed E-state index contributed by atoms with van der Waals surface area (Å²) in [4.78, 5) is 17.0. The van der Waals surface area contributed by atoms with Crippen molar-refractivity contribution in [2.75, 3.05) is 18.9 Å². The van der Waals surface area contributed by atoms with Crippen LogP contribution in [0.25, 0.3) is 0 Å². The summed E-state index contributed by atoms with van der Waals surface area (Å²) in [5.74, 6) is -0.0231. The van der Waals surface area contributed by atoms with Gasteiger partial charge in [-0.1, -0.05) is 35.2 Å². The number of anilines is 1. The second-order valence-corrected chi connectivity index (χ2v) is 6.41. The molecule has 0 aliphatic carbocycles. The van der Waals surface area contributed by atoms with Gasteiger partial charge >= 0.3 is 6.03 Å². The van der Waals surface area contributed by atoms with Gasteiger partial charge in [0.1, 0.15) is 0 Å². The summed E-state index contributed by atoms with van der Waals surface area (Å²) in [7, 11) is 1.66. The SMILES string of the molecule is C=CCN(C)C(=O)Nc1nnc(SCc2cccc(F)n2)s1. The average Bonchev–Trinajstić information content (AvgIpc) is 2.93. The number of aromatic nitrogens is 3. The molecule has 0 aliphatic heterocycles. The largest absolute Gasteiger partial charge is 0.324 e. The van der Waals surface area contributed by atoms with Crippen LogP contribution in [-0.4, -0.2) is 39.7 Å². The Morgan fingerprint density at radius 1 is 1.55 bits per heavy atom. The van der Waals surface area contributed by atoms with Crippen LogP contribution in [0.5, 0.6) is 0 Å². The van der Waals surface area contributed by atoms with Gasteiger partial charge in [0.05, 0.1) is 5.69 Å². The lowest BCUT2D eigenvalue weighted by Gasteiger charge is -2.13. The topological polar surface area (TPSA) is 71.0 Å². The van der Waals surface area contributed by atoms with Crippen molar-refractivity contribution < 1.29 is 9.18 Å². The first-order valence-corrected chi connectivity index (χ1v) is 8.09. The number of rotatable bonds is 6. The Bertz CT molecular complexity index is 663. The van der Waals surface area contributed by atoms with Gasteiger partial charge in [-0.15, -0.1) is 16.8 Å². The first kappa shape index (κ1) is 16.4. The van der Waals surface area contributed by atoms with Gasteiger partial charge < -0.3 is 4.90 Å². The summed E-state index contributed by atoms with van der Waals surface area (Å²) < 4.78 is 13.6. The molecule has 0 radical (unpaired) electrons. The van der Waals surface area contributed by atoms with Gasteiger partial charge in [-0.2, -0.15) is 4.39 Å². The highest BCUT2D eigenvalue weighted by atomic mass is 32.2. The van der Waals surface area contributed by atoms with Crippen molar-refractivity contribution in [2.24, 2.45) is 0 Å². The van der Waals surface area contributed by atoms with Gasteiger partial charge in [-0.05, 0) is 12.1 Å². The molecule has 116 valence electrons. The molecule has 22 heavy (non-hydrogen) atoms. The minimum atomic E-state index is -0.506. The molecule has 0 aromatic carbocycles. The Labute approximate surface area is 135 Å². The summed E-state index contributed by atoms with van der Waals surface area (Å²) in [6.07, 6.45) is 1.63. The monoisotopic (exact) mass is 339 g/mol. The van der Waals surface area contributed by atoms with E-state index in [2.05, 4.69) is 27.1 Å². The van der Waals surface area contributed by atoms with Crippen molar-refractivity contribution >= 4 is 34.3 Å². The summed E-state index contributed by atoms with van der Waals surface area (Å²) in [6.45, 7) is 4.01. The molecule has 9 heteroatoms. The predicted molar refractivity (Wildman–Crippen MR) is 85.5 cm³/mol. The molecule has 1 N–H and O–H groups in total. The third-order valence-electron chi connectivity index (χ3n) is 2.49. The summed E-state index contributed by atoms with van der Waals surface area (Å²) in [5, 5.41) is 10.9. The predicted octanol–water partition coefficient (Wildman–Crippen LogP) is 3.01.